The fraction of sp³-hybridized carbons (Fsp3) is 0.750. The van der Waals surface area contributed by atoms with Gasteiger partial charge in [0, 0.05) is 18.7 Å². The van der Waals surface area contributed by atoms with Gasteiger partial charge in [-0.25, -0.2) is 4.79 Å². The molecule has 27 heavy (non-hydrogen) atoms. The van der Waals surface area contributed by atoms with E-state index in [9.17, 15) is 14.4 Å². The highest BCUT2D eigenvalue weighted by atomic mass is 16.4. The van der Waals surface area contributed by atoms with Crippen LogP contribution < -0.4 is 5.32 Å². The highest BCUT2D eigenvalue weighted by molar-refractivity contribution is 5.88. The van der Waals surface area contributed by atoms with E-state index >= 15 is 0 Å². The summed E-state index contributed by atoms with van der Waals surface area (Å²) in [5.74, 6) is -1.29. The minimum atomic E-state index is -0.999. The van der Waals surface area contributed by atoms with Crippen molar-refractivity contribution in [3.63, 3.8) is 0 Å². The molecule has 0 aromatic carbocycles. The Morgan fingerprint density at radius 2 is 1.85 bits per heavy atom. The molecule has 7 nitrogen and oxygen atoms in total. The van der Waals surface area contributed by atoms with Crippen LogP contribution in [-0.4, -0.2) is 71.0 Å². The summed E-state index contributed by atoms with van der Waals surface area (Å²) < 4.78 is 0. The van der Waals surface area contributed by atoms with Crippen molar-refractivity contribution in [1.29, 1.82) is 0 Å². The number of piperidine rings is 1. The Labute approximate surface area is 162 Å². The lowest BCUT2D eigenvalue weighted by molar-refractivity contribution is -0.135. The molecule has 1 heterocycles. The van der Waals surface area contributed by atoms with Crippen LogP contribution in [0.25, 0.3) is 0 Å². The molecule has 0 bridgehead atoms. The number of hydrogen-bond acceptors (Lipinski definition) is 4. The first kappa shape index (κ1) is 23.1. The second kappa shape index (κ2) is 10.4. The Bertz CT molecular complexity index is 572. The van der Waals surface area contributed by atoms with Gasteiger partial charge in [-0.2, -0.15) is 0 Å². The predicted octanol–water partition coefficient (Wildman–Crippen LogP) is 1.88. The maximum absolute atomic E-state index is 12.6. The van der Waals surface area contributed by atoms with E-state index in [1.54, 1.807) is 13.1 Å². The third kappa shape index (κ3) is 6.65. The summed E-state index contributed by atoms with van der Waals surface area (Å²) >= 11 is 0. The molecule has 2 amide bonds. The number of amides is 2. The molecule has 0 saturated carbocycles. The maximum atomic E-state index is 12.6. The van der Waals surface area contributed by atoms with Crippen molar-refractivity contribution in [2.75, 3.05) is 20.1 Å². The molecule has 1 fully saturated rings. The average molecular weight is 382 g/mol. The summed E-state index contributed by atoms with van der Waals surface area (Å²) in [7, 11) is 1.64. The Hall–Kier alpha value is -1.89. The summed E-state index contributed by atoms with van der Waals surface area (Å²) in [6, 6.07) is -0.242. The van der Waals surface area contributed by atoms with E-state index in [2.05, 4.69) is 24.1 Å². The molecule has 0 aliphatic carbocycles. The number of likely N-dealkylation sites (N-methyl/N-ethyl adjacent to an activating group) is 1. The lowest BCUT2D eigenvalue weighted by atomic mass is 9.99. The summed E-state index contributed by atoms with van der Waals surface area (Å²) in [6.45, 7) is 10.4. The first-order valence-corrected chi connectivity index (χ1v) is 9.77. The van der Waals surface area contributed by atoms with Crippen molar-refractivity contribution in [3.8, 4) is 0 Å². The molecule has 1 aliphatic rings. The molecular formula is C20H35N3O4. The number of nitrogens with one attached hydrogen (secondary N) is 1. The standard InChI is InChI=1S/C20H35N3O4/c1-13(2)17(11-15(5)20(26)27)22(6)18(24)12-21-19(25)16-9-7-8-10-23(16)14(3)4/h11,13-14,16-17H,7-10,12H2,1-6H3,(H,21,25)(H,26,27)/b15-11+/t16-,17?/m0/s1. The zero-order valence-electron chi connectivity index (χ0n) is 17.5. The number of carboxylic acids is 1. The molecule has 0 aromatic heterocycles. The number of aliphatic carboxylic acids is 1. The van der Waals surface area contributed by atoms with Crippen LogP contribution in [0.15, 0.2) is 11.6 Å². The van der Waals surface area contributed by atoms with E-state index < -0.39 is 5.97 Å². The van der Waals surface area contributed by atoms with Crippen LogP contribution in [0, 0.1) is 5.92 Å². The Morgan fingerprint density at radius 1 is 1.22 bits per heavy atom. The van der Waals surface area contributed by atoms with E-state index in [1.165, 1.54) is 11.8 Å². The number of carbonyl (C=O) groups is 3. The molecule has 2 atom stereocenters. The topological polar surface area (TPSA) is 90.0 Å². The van der Waals surface area contributed by atoms with Gasteiger partial charge in [-0.3, -0.25) is 14.5 Å². The zero-order valence-corrected chi connectivity index (χ0v) is 17.5. The van der Waals surface area contributed by atoms with Gasteiger partial charge in [0.15, 0.2) is 0 Å². The van der Waals surface area contributed by atoms with E-state index in [-0.39, 0.29) is 48.0 Å². The second-order valence-corrected chi connectivity index (χ2v) is 7.96. The molecule has 1 saturated heterocycles. The lowest BCUT2D eigenvalue weighted by Gasteiger charge is -2.37. The normalized spacial score (nSPS) is 19.9. The third-order valence-electron chi connectivity index (χ3n) is 5.21. The first-order chi connectivity index (χ1) is 12.6. The van der Waals surface area contributed by atoms with Crippen LogP contribution in [0.3, 0.4) is 0 Å². The van der Waals surface area contributed by atoms with Crippen LogP contribution in [0.5, 0.6) is 0 Å². The molecule has 1 unspecified atom stereocenters. The summed E-state index contributed by atoms with van der Waals surface area (Å²) in [4.78, 5) is 39.9. The van der Waals surface area contributed by atoms with E-state index in [1.807, 2.05) is 13.8 Å². The summed E-state index contributed by atoms with van der Waals surface area (Å²) in [5, 5.41) is 11.9. The highest BCUT2D eigenvalue weighted by Gasteiger charge is 2.31. The second-order valence-electron chi connectivity index (χ2n) is 7.96. The van der Waals surface area contributed by atoms with Crippen molar-refractivity contribution >= 4 is 17.8 Å². The third-order valence-corrected chi connectivity index (χ3v) is 5.21. The molecule has 0 spiro atoms. The van der Waals surface area contributed by atoms with E-state index in [4.69, 9.17) is 5.11 Å². The molecular weight excluding hydrogens is 346 g/mol. The molecule has 0 radical (unpaired) electrons. The van der Waals surface area contributed by atoms with Gasteiger partial charge in [-0.1, -0.05) is 26.3 Å². The van der Waals surface area contributed by atoms with Crippen LogP contribution in [-0.2, 0) is 14.4 Å². The highest BCUT2D eigenvalue weighted by Crippen LogP contribution is 2.19. The number of nitrogens with zero attached hydrogens (tertiary/aromatic N) is 2. The van der Waals surface area contributed by atoms with Gasteiger partial charge in [0.1, 0.15) is 0 Å². The van der Waals surface area contributed by atoms with E-state index in [0.29, 0.717) is 0 Å². The monoisotopic (exact) mass is 381 g/mol. The number of likely N-dealkylation sites (tertiary alicyclic amines) is 1. The van der Waals surface area contributed by atoms with Crippen LogP contribution in [0.4, 0.5) is 0 Å². The summed E-state index contributed by atoms with van der Waals surface area (Å²) in [5.41, 5.74) is 0.201. The Morgan fingerprint density at radius 3 is 2.37 bits per heavy atom. The van der Waals surface area contributed by atoms with Crippen molar-refractivity contribution < 1.29 is 19.5 Å². The zero-order chi connectivity index (χ0) is 20.7. The van der Waals surface area contributed by atoms with Gasteiger partial charge in [-0.15, -0.1) is 0 Å². The van der Waals surface area contributed by atoms with Crippen molar-refractivity contribution in [2.45, 2.75) is 72.0 Å². The van der Waals surface area contributed by atoms with Gasteiger partial charge < -0.3 is 15.3 Å². The van der Waals surface area contributed by atoms with Crippen molar-refractivity contribution in [1.82, 2.24) is 15.1 Å². The quantitative estimate of drug-likeness (QED) is 0.627. The lowest BCUT2D eigenvalue weighted by Crippen LogP contribution is -2.53. The van der Waals surface area contributed by atoms with Gasteiger partial charge in [-0.05, 0) is 46.1 Å². The number of rotatable bonds is 8. The largest absolute Gasteiger partial charge is 0.478 e. The molecule has 1 rings (SSSR count). The smallest absolute Gasteiger partial charge is 0.331 e. The number of carbonyl (C=O) groups excluding carboxylic acids is 2. The molecule has 7 heteroatoms. The van der Waals surface area contributed by atoms with Gasteiger partial charge >= 0.3 is 5.97 Å². The number of carboxylic acid groups (broad SMARTS) is 1. The molecule has 0 aromatic rings. The maximum Gasteiger partial charge on any atom is 0.331 e. The van der Waals surface area contributed by atoms with Crippen LogP contribution in [0.2, 0.25) is 0 Å². The van der Waals surface area contributed by atoms with E-state index in [0.717, 1.165) is 25.8 Å². The fourth-order valence-corrected chi connectivity index (χ4v) is 3.50. The van der Waals surface area contributed by atoms with Crippen molar-refractivity contribution in [3.05, 3.63) is 11.6 Å². The van der Waals surface area contributed by atoms with Gasteiger partial charge in [0.2, 0.25) is 11.8 Å². The first-order valence-electron chi connectivity index (χ1n) is 9.77. The Balaban J connectivity index is 2.72. The fourth-order valence-electron chi connectivity index (χ4n) is 3.50. The van der Waals surface area contributed by atoms with Crippen molar-refractivity contribution in [2.24, 2.45) is 5.92 Å². The number of hydrogen-bond donors (Lipinski definition) is 2. The SMILES string of the molecule is C/C(=C\C(C(C)C)N(C)C(=O)CNC(=O)[C@@H]1CCCCN1C(C)C)C(=O)O. The predicted molar refractivity (Wildman–Crippen MR) is 105 cm³/mol. The minimum Gasteiger partial charge on any atom is -0.478 e. The van der Waals surface area contributed by atoms with Gasteiger partial charge in [0.25, 0.3) is 0 Å². The average Bonchev–Trinajstić information content (AvgIpc) is 2.62. The van der Waals surface area contributed by atoms with Crippen LogP contribution >= 0.6 is 0 Å². The minimum absolute atomic E-state index is 0.0544. The molecule has 154 valence electrons. The summed E-state index contributed by atoms with van der Waals surface area (Å²) in [6.07, 6.45) is 4.51. The molecule has 1 aliphatic heterocycles. The van der Waals surface area contributed by atoms with Gasteiger partial charge in [0.05, 0.1) is 18.6 Å². The van der Waals surface area contributed by atoms with Crippen LogP contribution in [0.1, 0.15) is 53.9 Å². The Kier molecular flexibility index (Phi) is 8.96. The molecule has 2 N–H and O–H groups in total.